The minimum absolute atomic E-state index is 0.0222. The largest absolute Gasteiger partial charge is 0.480 e. The van der Waals surface area contributed by atoms with Gasteiger partial charge in [0.25, 0.3) is 5.91 Å². The molecule has 28 heavy (non-hydrogen) atoms. The van der Waals surface area contributed by atoms with Crippen molar-refractivity contribution in [1.82, 2.24) is 9.80 Å². The molecule has 2 aromatic rings. The zero-order valence-corrected chi connectivity index (χ0v) is 15.9. The lowest BCUT2D eigenvalue weighted by molar-refractivity contribution is -0.147. The van der Waals surface area contributed by atoms with Gasteiger partial charge in [-0.3, -0.25) is 14.5 Å². The Labute approximate surface area is 165 Å². The first-order valence-corrected chi connectivity index (χ1v) is 9.92. The van der Waals surface area contributed by atoms with Crippen LogP contribution in [-0.4, -0.2) is 64.2 Å². The van der Waals surface area contributed by atoms with Crippen LogP contribution in [0.5, 0.6) is 0 Å². The number of amides is 2. The van der Waals surface area contributed by atoms with Crippen LogP contribution >= 0.6 is 11.3 Å². The summed E-state index contributed by atoms with van der Waals surface area (Å²) in [5, 5.41) is 11.5. The topological polar surface area (TPSA) is 100 Å². The summed E-state index contributed by atoms with van der Waals surface area (Å²) in [5.41, 5.74) is -1.04. The van der Waals surface area contributed by atoms with Gasteiger partial charge in [-0.05, 0) is 23.6 Å². The average Bonchev–Trinajstić information content (AvgIpc) is 3.43. The number of likely N-dealkylation sites (tertiary alicyclic amines) is 1. The molecule has 2 aromatic heterocycles. The van der Waals surface area contributed by atoms with Gasteiger partial charge in [0.2, 0.25) is 5.91 Å². The van der Waals surface area contributed by atoms with E-state index in [1.165, 1.54) is 28.6 Å². The zero-order chi connectivity index (χ0) is 19.7. The Kier molecular flexibility index (Phi) is 4.94. The molecule has 148 valence electrons. The molecule has 0 bridgehead atoms. The SMILES string of the molecule is O=C(O)[C@@H]1COC2(CCN(C(=O)Cc3cccs3)CC2)N1C(=O)c1ccco1. The maximum Gasteiger partial charge on any atom is 0.328 e. The highest BCUT2D eigenvalue weighted by Gasteiger charge is 2.54. The molecular weight excluding hydrogens is 384 g/mol. The molecule has 0 aromatic carbocycles. The van der Waals surface area contributed by atoms with Gasteiger partial charge < -0.3 is 19.2 Å². The maximum atomic E-state index is 12.9. The molecule has 4 rings (SSSR count). The van der Waals surface area contributed by atoms with Crippen LogP contribution in [0.2, 0.25) is 0 Å². The first kappa shape index (κ1) is 18.7. The second kappa shape index (κ2) is 7.40. The van der Waals surface area contributed by atoms with Crippen LogP contribution in [0, 0.1) is 0 Å². The highest BCUT2D eigenvalue weighted by molar-refractivity contribution is 7.10. The fourth-order valence-electron chi connectivity index (χ4n) is 3.85. The van der Waals surface area contributed by atoms with Crippen LogP contribution in [-0.2, 0) is 20.7 Å². The van der Waals surface area contributed by atoms with Gasteiger partial charge >= 0.3 is 5.97 Å². The van der Waals surface area contributed by atoms with Crippen LogP contribution in [0.15, 0.2) is 40.3 Å². The number of thiophene rings is 1. The van der Waals surface area contributed by atoms with Gasteiger partial charge in [-0.1, -0.05) is 6.07 Å². The van der Waals surface area contributed by atoms with Crippen LogP contribution in [0.4, 0.5) is 0 Å². The van der Waals surface area contributed by atoms with E-state index in [9.17, 15) is 19.5 Å². The summed E-state index contributed by atoms with van der Waals surface area (Å²) in [5.74, 6) is -1.53. The molecule has 1 atom stereocenters. The molecule has 2 fully saturated rings. The van der Waals surface area contributed by atoms with Gasteiger partial charge in [-0.25, -0.2) is 4.79 Å². The average molecular weight is 404 g/mol. The summed E-state index contributed by atoms with van der Waals surface area (Å²) >= 11 is 1.54. The zero-order valence-electron chi connectivity index (χ0n) is 15.1. The monoisotopic (exact) mass is 404 g/mol. The molecule has 0 aliphatic carbocycles. The molecule has 0 saturated carbocycles. The Balaban J connectivity index is 1.50. The van der Waals surface area contributed by atoms with E-state index < -0.39 is 23.6 Å². The molecule has 2 aliphatic rings. The quantitative estimate of drug-likeness (QED) is 0.835. The number of carbonyl (C=O) groups excluding carboxylic acids is 2. The number of nitrogens with zero attached hydrogens (tertiary/aromatic N) is 2. The third-order valence-electron chi connectivity index (χ3n) is 5.30. The number of carboxylic acid groups (broad SMARTS) is 1. The highest BCUT2D eigenvalue weighted by atomic mass is 32.1. The number of ether oxygens (including phenoxy) is 1. The van der Waals surface area contributed by atoms with Crippen molar-refractivity contribution >= 4 is 29.1 Å². The van der Waals surface area contributed by atoms with E-state index in [-0.39, 0.29) is 18.3 Å². The molecule has 1 N–H and O–H groups in total. The summed E-state index contributed by atoms with van der Waals surface area (Å²) in [7, 11) is 0. The van der Waals surface area contributed by atoms with E-state index in [0.29, 0.717) is 32.4 Å². The summed E-state index contributed by atoms with van der Waals surface area (Å²) in [6.07, 6.45) is 2.44. The fraction of sp³-hybridized carbons (Fsp3) is 0.421. The summed E-state index contributed by atoms with van der Waals surface area (Å²) in [6.45, 7) is 0.724. The molecule has 0 unspecified atom stereocenters. The lowest BCUT2D eigenvalue weighted by Gasteiger charge is -2.43. The van der Waals surface area contributed by atoms with Crippen molar-refractivity contribution in [3.63, 3.8) is 0 Å². The van der Waals surface area contributed by atoms with Gasteiger partial charge in [0.1, 0.15) is 5.72 Å². The van der Waals surface area contributed by atoms with Gasteiger partial charge in [0, 0.05) is 30.8 Å². The fourth-order valence-corrected chi connectivity index (χ4v) is 4.55. The molecule has 9 heteroatoms. The first-order valence-electron chi connectivity index (χ1n) is 9.04. The number of aliphatic carboxylic acids is 1. The smallest absolute Gasteiger partial charge is 0.328 e. The molecular formula is C19H20N2O6S. The van der Waals surface area contributed by atoms with E-state index in [0.717, 1.165) is 4.88 Å². The maximum absolute atomic E-state index is 12.9. The normalized spacial score (nSPS) is 21.2. The number of furan rings is 1. The van der Waals surface area contributed by atoms with Crippen molar-refractivity contribution in [2.75, 3.05) is 19.7 Å². The van der Waals surface area contributed by atoms with Gasteiger partial charge in [-0.15, -0.1) is 11.3 Å². The second-order valence-corrected chi connectivity index (χ2v) is 7.93. The number of hydrogen-bond donors (Lipinski definition) is 1. The number of piperidine rings is 1. The Morgan fingerprint density at radius 1 is 1.21 bits per heavy atom. The predicted octanol–water partition coefficient (Wildman–Crippen LogP) is 1.83. The third-order valence-corrected chi connectivity index (χ3v) is 6.18. The lowest BCUT2D eigenvalue weighted by atomic mass is 9.97. The van der Waals surface area contributed by atoms with Crippen LogP contribution < -0.4 is 0 Å². The summed E-state index contributed by atoms with van der Waals surface area (Å²) in [6, 6.07) is 5.85. The summed E-state index contributed by atoms with van der Waals surface area (Å²) in [4.78, 5) is 41.2. The van der Waals surface area contributed by atoms with E-state index in [1.54, 1.807) is 11.0 Å². The van der Waals surface area contributed by atoms with E-state index in [2.05, 4.69) is 0 Å². The third kappa shape index (κ3) is 3.31. The van der Waals surface area contributed by atoms with Gasteiger partial charge in [0.05, 0.1) is 19.3 Å². The van der Waals surface area contributed by atoms with Gasteiger partial charge in [0.15, 0.2) is 11.8 Å². The molecule has 2 amide bonds. The predicted molar refractivity (Wildman–Crippen MR) is 98.8 cm³/mol. The Hall–Kier alpha value is -2.65. The minimum atomic E-state index is -1.12. The van der Waals surface area contributed by atoms with E-state index in [4.69, 9.17) is 9.15 Å². The number of rotatable bonds is 4. The first-order chi connectivity index (χ1) is 13.5. The van der Waals surface area contributed by atoms with Crippen LogP contribution in [0.1, 0.15) is 28.3 Å². The Morgan fingerprint density at radius 2 is 2.00 bits per heavy atom. The number of carbonyl (C=O) groups is 3. The second-order valence-electron chi connectivity index (χ2n) is 6.90. The van der Waals surface area contributed by atoms with Crippen molar-refractivity contribution in [3.05, 3.63) is 46.5 Å². The Bertz CT molecular complexity index is 855. The molecule has 2 aliphatic heterocycles. The van der Waals surface area contributed by atoms with Crippen molar-refractivity contribution in [3.8, 4) is 0 Å². The van der Waals surface area contributed by atoms with E-state index >= 15 is 0 Å². The summed E-state index contributed by atoms with van der Waals surface area (Å²) < 4.78 is 11.1. The van der Waals surface area contributed by atoms with Crippen molar-refractivity contribution in [2.45, 2.75) is 31.0 Å². The van der Waals surface area contributed by atoms with Crippen molar-refractivity contribution < 1.29 is 28.6 Å². The Morgan fingerprint density at radius 3 is 2.61 bits per heavy atom. The molecule has 2 saturated heterocycles. The number of hydrogen-bond acceptors (Lipinski definition) is 6. The van der Waals surface area contributed by atoms with Crippen molar-refractivity contribution in [2.24, 2.45) is 0 Å². The van der Waals surface area contributed by atoms with Crippen molar-refractivity contribution in [1.29, 1.82) is 0 Å². The minimum Gasteiger partial charge on any atom is -0.480 e. The van der Waals surface area contributed by atoms with E-state index in [1.807, 2.05) is 17.5 Å². The number of carboxylic acids is 1. The van der Waals surface area contributed by atoms with Crippen LogP contribution in [0.3, 0.4) is 0 Å². The molecule has 4 heterocycles. The van der Waals surface area contributed by atoms with Gasteiger partial charge in [-0.2, -0.15) is 0 Å². The molecule has 1 spiro atoms. The van der Waals surface area contributed by atoms with Crippen LogP contribution in [0.25, 0.3) is 0 Å². The molecule has 0 radical (unpaired) electrons. The lowest BCUT2D eigenvalue weighted by Crippen LogP contribution is -2.58. The molecule has 8 nitrogen and oxygen atoms in total. The highest BCUT2D eigenvalue weighted by Crippen LogP contribution is 2.38. The standard InChI is InChI=1S/C19H20N2O6S/c22-16(11-13-3-2-10-28-13)20-7-5-19(6-8-20)21(14(12-27-19)18(24)25)17(23)15-4-1-9-26-15/h1-4,9-10,14H,5-8,11-12H2,(H,24,25)/t14-/m0/s1.